The van der Waals surface area contributed by atoms with Gasteiger partial charge < -0.3 is 20.7 Å². The molecule has 1 atom stereocenters. The topological polar surface area (TPSA) is 67.6 Å². The van der Waals surface area contributed by atoms with Gasteiger partial charge in [0.25, 0.3) is 0 Å². The number of primary amides is 1. The van der Waals surface area contributed by atoms with Crippen LogP contribution in [-0.4, -0.2) is 39.3 Å². The molecule has 1 heterocycles. The monoisotopic (exact) mass is 355 g/mol. The Balaban J connectivity index is 1.95. The van der Waals surface area contributed by atoms with E-state index < -0.39 is 0 Å². The van der Waals surface area contributed by atoms with Gasteiger partial charge in [-0.25, -0.2) is 0 Å². The lowest BCUT2D eigenvalue weighted by atomic mass is 10.1. The summed E-state index contributed by atoms with van der Waals surface area (Å²) >= 11 is 3.63. The van der Waals surface area contributed by atoms with Crippen LogP contribution in [0.25, 0.3) is 0 Å². The van der Waals surface area contributed by atoms with Gasteiger partial charge in [-0.15, -0.1) is 0 Å². The van der Waals surface area contributed by atoms with Crippen molar-refractivity contribution in [3.05, 3.63) is 28.2 Å². The van der Waals surface area contributed by atoms with Crippen molar-refractivity contribution in [2.45, 2.75) is 13.0 Å². The molecule has 1 fully saturated rings. The highest BCUT2D eigenvalue weighted by Gasteiger charge is 2.27. The lowest BCUT2D eigenvalue weighted by Crippen LogP contribution is -2.27. The number of ether oxygens (including phenoxy) is 1. The van der Waals surface area contributed by atoms with Gasteiger partial charge in [0, 0.05) is 37.8 Å². The van der Waals surface area contributed by atoms with E-state index in [-0.39, 0.29) is 11.8 Å². The number of anilines is 1. The van der Waals surface area contributed by atoms with Crippen molar-refractivity contribution >= 4 is 27.5 Å². The molecule has 1 amide bonds. The van der Waals surface area contributed by atoms with Crippen LogP contribution >= 0.6 is 15.9 Å². The first kappa shape index (κ1) is 16.3. The average Bonchev–Trinajstić information content (AvgIpc) is 2.93. The van der Waals surface area contributed by atoms with E-state index in [4.69, 9.17) is 10.5 Å². The quantitative estimate of drug-likeness (QED) is 0.727. The number of methoxy groups -OCH3 is 1. The second-order valence-electron chi connectivity index (χ2n) is 5.29. The van der Waals surface area contributed by atoms with Gasteiger partial charge >= 0.3 is 0 Å². The molecule has 0 aromatic heterocycles. The zero-order valence-electron chi connectivity index (χ0n) is 12.3. The van der Waals surface area contributed by atoms with E-state index in [2.05, 4.69) is 44.3 Å². The van der Waals surface area contributed by atoms with Crippen molar-refractivity contribution in [1.82, 2.24) is 5.32 Å². The Hall–Kier alpha value is -1.11. The van der Waals surface area contributed by atoms with Crippen LogP contribution in [0.1, 0.15) is 12.0 Å². The highest BCUT2D eigenvalue weighted by Crippen LogP contribution is 2.31. The van der Waals surface area contributed by atoms with Gasteiger partial charge in [-0.3, -0.25) is 4.79 Å². The fraction of sp³-hybridized carbons (Fsp3) is 0.533. The van der Waals surface area contributed by atoms with Gasteiger partial charge in [0.15, 0.2) is 0 Å². The second kappa shape index (κ2) is 7.77. The van der Waals surface area contributed by atoms with Crippen molar-refractivity contribution in [1.29, 1.82) is 0 Å². The van der Waals surface area contributed by atoms with Crippen molar-refractivity contribution in [2.75, 3.05) is 38.3 Å². The largest absolute Gasteiger partial charge is 0.383 e. The minimum atomic E-state index is -0.201. The Morgan fingerprint density at radius 2 is 2.38 bits per heavy atom. The third-order valence-corrected chi connectivity index (χ3v) is 4.39. The molecular formula is C15H22BrN3O2. The molecule has 1 aliphatic heterocycles. The maximum absolute atomic E-state index is 11.3. The maximum Gasteiger partial charge on any atom is 0.222 e. The number of amides is 1. The van der Waals surface area contributed by atoms with Gasteiger partial charge in [-0.2, -0.15) is 0 Å². The molecule has 0 radical (unpaired) electrons. The van der Waals surface area contributed by atoms with Gasteiger partial charge in [0.1, 0.15) is 0 Å². The molecule has 1 saturated heterocycles. The van der Waals surface area contributed by atoms with E-state index in [0.717, 1.165) is 36.2 Å². The van der Waals surface area contributed by atoms with Crippen molar-refractivity contribution in [3.63, 3.8) is 0 Å². The first-order valence-electron chi connectivity index (χ1n) is 7.14. The summed E-state index contributed by atoms with van der Waals surface area (Å²) in [6.45, 7) is 3.94. The van der Waals surface area contributed by atoms with Crippen LogP contribution in [0, 0.1) is 5.92 Å². The van der Waals surface area contributed by atoms with E-state index in [1.807, 2.05) is 0 Å². The summed E-state index contributed by atoms with van der Waals surface area (Å²) in [6.07, 6.45) is 0.835. The molecule has 1 aromatic carbocycles. The van der Waals surface area contributed by atoms with E-state index in [1.54, 1.807) is 7.11 Å². The molecule has 1 aromatic rings. The van der Waals surface area contributed by atoms with Gasteiger partial charge in [-0.1, -0.05) is 6.07 Å². The highest BCUT2D eigenvalue weighted by atomic mass is 79.9. The molecule has 6 heteroatoms. The third kappa shape index (κ3) is 4.43. The highest BCUT2D eigenvalue weighted by molar-refractivity contribution is 9.10. The molecular weight excluding hydrogens is 334 g/mol. The fourth-order valence-electron chi connectivity index (χ4n) is 2.54. The van der Waals surface area contributed by atoms with Crippen molar-refractivity contribution in [3.8, 4) is 0 Å². The number of carbonyl (C=O) groups excluding carboxylic acids is 1. The van der Waals surface area contributed by atoms with Crippen LogP contribution in [0.3, 0.4) is 0 Å². The Kier molecular flexibility index (Phi) is 6.02. The fourth-order valence-corrected chi connectivity index (χ4v) is 3.21. The van der Waals surface area contributed by atoms with E-state index in [0.29, 0.717) is 13.2 Å². The predicted octanol–water partition coefficient (Wildman–Crippen LogP) is 1.50. The molecule has 0 bridgehead atoms. The lowest BCUT2D eigenvalue weighted by molar-refractivity contribution is -0.121. The Bertz CT molecular complexity index is 496. The summed E-state index contributed by atoms with van der Waals surface area (Å²) < 4.78 is 6.06. The van der Waals surface area contributed by atoms with Crippen LogP contribution in [0.5, 0.6) is 0 Å². The molecule has 0 saturated carbocycles. The molecule has 0 aliphatic carbocycles. The van der Waals surface area contributed by atoms with Crippen LogP contribution in [0.4, 0.5) is 5.69 Å². The zero-order chi connectivity index (χ0) is 15.2. The first-order valence-corrected chi connectivity index (χ1v) is 7.93. The summed E-state index contributed by atoms with van der Waals surface area (Å²) in [5.41, 5.74) is 7.72. The number of nitrogens with one attached hydrogen (secondary N) is 1. The summed E-state index contributed by atoms with van der Waals surface area (Å²) in [5, 5.41) is 3.32. The SMILES string of the molecule is COCCNCc1ccc(N2CCC(C(N)=O)C2)c(Br)c1. The molecule has 2 rings (SSSR count). The van der Waals surface area contributed by atoms with Crippen LogP contribution in [-0.2, 0) is 16.1 Å². The normalized spacial score (nSPS) is 18.2. The first-order chi connectivity index (χ1) is 10.1. The molecule has 116 valence electrons. The standard InChI is InChI=1S/C15H22BrN3O2/c1-21-7-5-18-9-11-2-3-14(13(16)8-11)19-6-4-12(10-19)15(17)20/h2-3,8,12,18H,4-7,9-10H2,1H3,(H2,17,20). The number of benzene rings is 1. The van der Waals surface area contributed by atoms with Crippen molar-refractivity contribution in [2.24, 2.45) is 11.7 Å². The smallest absolute Gasteiger partial charge is 0.222 e. The summed E-state index contributed by atoms with van der Waals surface area (Å²) in [4.78, 5) is 13.5. The Labute approximate surface area is 134 Å². The van der Waals surface area contributed by atoms with Crippen LogP contribution in [0.15, 0.2) is 22.7 Å². The van der Waals surface area contributed by atoms with E-state index in [9.17, 15) is 4.79 Å². The number of hydrogen-bond acceptors (Lipinski definition) is 4. The zero-order valence-corrected chi connectivity index (χ0v) is 13.9. The average molecular weight is 356 g/mol. The molecule has 1 aliphatic rings. The Morgan fingerprint density at radius 3 is 3.00 bits per heavy atom. The summed E-state index contributed by atoms with van der Waals surface area (Å²) in [5.74, 6) is -0.236. The number of nitrogens with two attached hydrogens (primary N) is 1. The number of halogens is 1. The summed E-state index contributed by atoms with van der Waals surface area (Å²) in [7, 11) is 1.70. The van der Waals surface area contributed by atoms with Crippen LogP contribution < -0.4 is 16.0 Å². The summed E-state index contributed by atoms with van der Waals surface area (Å²) in [6, 6.07) is 6.32. The van der Waals surface area contributed by atoms with Crippen LogP contribution in [0.2, 0.25) is 0 Å². The number of rotatable bonds is 7. The number of nitrogens with zero attached hydrogens (tertiary/aromatic N) is 1. The maximum atomic E-state index is 11.3. The molecule has 0 spiro atoms. The van der Waals surface area contributed by atoms with Gasteiger partial charge in [0.05, 0.1) is 18.2 Å². The minimum Gasteiger partial charge on any atom is -0.383 e. The lowest BCUT2D eigenvalue weighted by Gasteiger charge is -2.20. The minimum absolute atomic E-state index is 0.0349. The molecule has 3 N–H and O–H groups in total. The predicted molar refractivity (Wildman–Crippen MR) is 87.2 cm³/mol. The van der Waals surface area contributed by atoms with E-state index >= 15 is 0 Å². The molecule has 5 nitrogen and oxygen atoms in total. The van der Waals surface area contributed by atoms with Gasteiger partial charge in [0.2, 0.25) is 5.91 Å². The second-order valence-corrected chi connectivity index (χ2v) is 6.14. The number of carbonyl (C=O) groups is 1. The Morgan fingerprint density at radius 1 is 1.57 bits per heavy atom. The van der Waals surface area contributed by atoms with Crippen molar-refractivity contribution < 1.29 is 9.53 Å². The third-order valence-electron chi connectivity index (χ3n) is 3.76. The molecule has 21 heavy (non-hydrogen) atoms. The number of hydrogen-bond donors (Lipinski definition) is 2. The van der Waals surface area contributed by atoms with Gasteiger partial charge in [-0.05, 0) is 40.0 Å². The van der Waals surface area contributed by atoms with E-state index in [1.165, 1.54) is 5.56 Å². The molecule has 1 unspecified atom stereocenters.